The van der Waals surface area contributed by atoms with Gasteiger partial charge in [0.25, 0.3) is 0 Å². The Morgan fingerprint density at radius 1 is 1.29 bits per heavy atom. The van der Waals surface area contributed by atoms with Crippen LogP contribution in [0.5, 0.6) is 0 Å². The number of benzene rings is 1. The van der Waals surface area contributed by atoms with Crippen molar-refractivity contribution in [1.29, 1.82) is 0 Å². The van der Waals surface area contributed by atoms with Crippen molar-refractivity contribution in [2.75, 3.05) is 13.1 Å². The number of oxime groups is 1. The van der Waals surface area contributed by atoms with E-state index >= 15 is 0 Å². The van der Waals surface area contributed by atoms with E-state index in [0.29, 0.717) is 37.1 Å². The van der Waals surface area contributed by atoms with Crippen molar-refractivity contribution in [3.05, 3.63) is 35.4 Å². The monoisotopic (exact) mass is 333 g/mol. The third kappa shape index (κ3) is 4.11. The summed E-state index contributed by atoms with van der Waals surface area (Å²) in [5.74, 6) is -0.914. The number of nitrogens with two attached hydrogens (primary N) is 1. The number of carbonyl (C=O) groups is 2. The molecule has 1 fully saturated rings. The number of likely N-dealkylation sites (tertiary alicyclic amines) is 1. The minimum Gasteiger partial charge on any atom is -0.409 e. The Morgan fingerprint density at radius 2 is 1.88 bits per heavy atom. The molecule has 0 spiro atoms. The molecule has 0 aliphatic carbocycles. The zero-order chi connectivity index (χ0) is 17.7. The van der Waals surface area contributed by atoms with E-state index in [2.05, 4.69) is 5.16 Å². The van der Waals surface area contributed by atoms with Gasteiger partial charge in [-0.25, -0.2) is 0 Å². The van der Waals surface area contributed by atoms with Crippen molar-refractivity contribution in [3.8, 4) is 0 Å². The molecule has 130 valence electrons. The van der Waals surface area contributed by atoms with Gasteiger partial charge in [-0.05, 0) is 12.8 Å². The smallest absolute Gasteiger partial charge is 0.225 e. The van der Waals surface area contributed by atoms with Gasteiger partial charge in [-0.15, -0.1) is 0 Å². The fourth-order valence-electron chi connectivity index (χ4n) is 2.88. The molecule has 7 nitrogen and oxygen atoms in total. The molecule has 0 aromatic heterocycles. The van der Waals surface area contributed by atoms with Gasteiger partial charge >= 0.3 is 0 Å². The number of amides is 1. The number of aliphatic hydroxyl groups is 1. The fourth-order valence-corrected chi connectivity index (χ4v) is 2.88. The van der Waals surface area contributed by atoms with Crippen LogP contribution in [0, 0.1) is 5.92 Å². The molecule has 1 heterocycles. The molecule has 1 aromatic rings. The molecule has 24 heavy (non-hydrogen) atoms. The highest BCUT2D eigenvalue weighted by atomic mass is 16.4. The molecule has 1 amide bonds. The van der Waals surface area contributed by atoms with Gasteiger partial charge in [-0.3, -0.25) is 9.59 Å². The number of aliphatic hydroxyl groups excluding tert-OH is 1. The molecule has 0 radical (unpaired) electrons. The largest absolute Gasteiger partial charge is 0.409 e. The highest BCUT2D eigenvalue weighted by Gasteiger charge is 2.27. The minimum absolute atomic E-state index is 0.0492. The van der Waals surface area contributed by atoms with E-state index in [-0.39, 0.29) is 30.1 Å². The SMILES string of the molecule is CC(CC(=O)c1ccccc1/C(N)=N\O)C(=O)N1CCC(O)CC1. The molecule has 1 aromatic carbocycles. The van der Waals surface area contributed by atoms with Gasteiger partial charge < -0.3 is 20.9 Å². The Hall–Kier alpha value is -2.41. The average Bonchev–Trinajstić information content (AvgIpc) is 2.60. The summed E-state index contributed by atoms with van der Waals surface area (Å²) in [7, 11) is 0. The second kappa shape index (κ2) is 7.92. The number of amidine groups is 1. The van der Waals surface area contributed by atoms with Gasteiger partial charge in [-0.2, -0.15) is 0 Å². The fraction of sp³-hybridized carbons (Fsp3) is 0.471. The number of hydrogen-bond acceptors (Lipinski definition) is 5. The van der Waals surface area contributed by atoms with Crippen LogP contribution >= 0.6 is 0 Å². The predicted octanol–water partition coefficient (Wildman–Crippen LogP) is 0.973. The van der Waals surface area contributed by atoms with E-state index in [1.54, 1.807) is 36.1 Å². The van der Waals surface area contributed by atoms with E-state index in [9.17, 15) is 14.7 Å². The van der Waals surface area contributed by atoms with Gasteiger partial charge in [0, 0.05) is 36.6 Å². The lowest BCUT2D eigenvalue weighted by atomic mass is 9.94. The zero-order valence-corrected chi connectivity index (χ0v) is 13.7. The molecule has 1 atom stereocenters. The Labute approximate surface area is 140 Å². The number of rotatable bonds is 5. The summed E-state index contributed by atoms with van der Waals surface area (Å²) < 4.78 is 0. The van der Waals surface area contributed by atoms with Crippen LogP contribution in [0.1, 0.15) is 42.1 Å². The minimum atomic E-state index is -0.465. The van der Waals surface area contributed by atoms with Crippen molar-refractivity contribution in [1.82, 2.24) is 4.90 Å². The summed E-state index contributed by atoms with van der Waals surface area (Å²) >= 11 is 0. The quantitative estimate of drug-likeness (QED) is 0.244. The van der Waals surface area contributed by atoms with Crippen LogP contribution in [0.15, 0.2) is 29.4 Å². The number of nitrogens with zero attached hydrogens (tertiary/aromatic N) is 2. The second-order valence-corrected chi connectivity index (χ2v) is 6.12. The number of carbonyl (C=O) groups excluding carboxylic acids is 2. The van der Waals surface area contributed by atoms with Crippen molar-refractivity contribution < 1.29 is 19.9 Å². The van der Waals surface area contributed by atoms with Crippen LogP contribution in [0.3, 0.4) is 0 Å². The molecule has 0 saturated carbocycles. The molecule has 1 unspecified atom stereocenters. The standard InChI is InChI=1S/C17H23N3O4/c1-11(17(23)20-8-6-12(21)7-9-20)10-15(22)13-4-2-3-5-14(13)16(18)19-24/h2-5,11-12,21,24H,6-10H2,1H3,(H2,18,19). The lowest BCUT2D eigenvalue weighted by molar-refractivity contribution is -0.136. The molecular weight excluding hydrogens is 310 g/mol. The molecule has 1 aliphatic heterocycles. The van der Waals surface area contributed by atoms with Crippen LogP contribution in [-0.4, -0.2) is 51.9 Å². The van der Waals surface area contributed by atoms with Gasteiger partial charge in [0.15, 0.2) is 11.6 Å². The first-order valence-corrected chi connectivity index (χ1v) is 8.01. The Balaban J connectivity index is 2.05. The molecule has 7 heteroatoms. The number of hydrogen-bond donors (Lipinski definition) is 3. The maximum absolute atomic E-state index is 12.5. The predicted molar refractivity (Wildman–Crippen MR) is 88.9 cm³/mol. The Morgan fingerprint density at radius 3 is 2.46 bits per heavy atom. The number of ketones is 1. The number of Topliss-reactive ketones (excluding diaryl/α,β-unsaturated/α-hetero) is 1. The lowest BCUT2D eigenvalue weighted by Gasteiger charge is -2.31. The first-order chi connectivity index (χ1) is 11.4. The highest BCUT2D eigenvalue weighted by molar-refractivity contribution is 6.09. The Bertz CT molecular complexity index is 636. The molecule has 0 bridgehead atoms. The third-order valence-corrected chi connectivity index (χ3v) is 4.30. The first kappa shape index (κ1) is 17.9. The van der Waals surface area contributed by atoms with Crippen LogP contribution < -0.4 is 5.73 Å². The topological polar surface area (TPSA) is 116 Å². The zero-order valence-electron chi connectivity index (χ0n) is 13.7. The average molecular weight is 333 g/mol. The van der Waals surface area contributed by atoms with Crippen LogP contribution in [0.2, 0.25) is 0 Å². The normalized spacial score (nSPS) is 17.6. The lowest BCUT2D eigenvalue weighted by Crippen LogP contribution is -2.42. The van der Waals surface area contributed by atoms with Crippen molar-refractivity contribution in [2.24, 2.45) is 16.8 Å². The van der Waals surface area contributed by atoms with Crippen LogP contribution in [0.25, 0.3) is 0 Å². The van der Waals surface area contributed by atoms with E-state index in [0.717, 1.165) is 0 Å². The summed E-state index contributed by atoms with van der Waals surface area (Å²) in [5.41, 5.74) is 6.29. The molecule has 4 N–H and O–H groups in total. The number of piperidine rings is 1. The summed E-state index contributed by atoms with van der Waals surface area (Å²) in [4.78, 5) is 26.7. The van der Waals surface area contributed by atoms with Crippen LogP contribution in [-0.2, 0) is 4.79 Å². The summed E-state index contributed by atoms with van der Waals surface area (Å²) in [6, 6.07) is 6.59. The van der Waals surface area contributed by atoms with Crippen molar-refractivity contribution in [2.45, 2.75) is 32.3 Å². The third-order valence-electron chi connectivity index (χ3n) is 4.30. The summed E-state index contributed by atoms with van der Waals surface area (Å²) in [5, 5.41) is 21.3. The molecular formula is C17H23N3O4. The molecule has 2 rings (SSSR count). The summed E-state index contributed by atoms with van der Waals surface area (Å²) in [6.07, 6.45) is 0.837. The first-order valence-electron chi connectivity index (χ1n) is 8.01. The van der Waals surface area contributed by atoms with Gasteiger partial charge in [0.2, 0.25) is 5.91 Å². The van der Waals surface area contributed by atoms with Gasteiger partial charge in [0.1, 0.15) is 0 Å². The maximum Gasteiger partial charge on any atom is 0.225 e. The van der Waals surface area contributed by atoms with Gasteiger partial charge in [-0.1, -0.05) is 36.3 Å². The van der Waals surface area contributed by atoms with Crippen LogP contribution in [0.4, 0.5) is 0 Å². The highest BCUT2D eigenvalue weighted by Crippen LogP contribution is 2.18. The van der Waals surface area contributed by atoms with E-state index in [1.807, 2.05) is 0 Å². The van der Waals surface area contributed by atoms with E-state index in [1.165, 1.54) is 0 Å². The van der Waals surface area contributed by atoms with E-state index < -0.39 is 5.92 Å². The van der Waals surface area contributed by atoms with Gasteiger partial charge in [0.05, 0.1) is 6.10 Å². The molecule has 1 aliphatic rings. The maximum atomic E-state index is 12.5. The van der Waals surface area contributed by atoms with E-state index in [4.69, 9.17) is 10.9 Å². The Kier molecular flexibility index (Phi) is 5.92. The molecule has 1 saturated heterocycles. The van der Waals surface area contributed by atoms with Crippen molar-refractivity contribution >= 4 is 17.5 Å². The second-order valence-electron chi connectivity index (χ2n) is 6.12. The summed E-state index contributed by atoms with van der Waals surface area (Å²) in [6.45, 7) is 2.75. The van der Waals surface area contributed by atoms with Crippen molar-refractivity contribution in [3.63, 3.8) is 0 Å².